The second kappa shape index (κ2) is 7.09. The summed E-state index contributed by atoms with van der Waals surface area (Å²) in [4.78, 5) is 16.4. The highest BCUT2D eigenvalue weighted by atomic mass is 32.2. The molecule has 1 aromatic carbocycles. The molecule has 126 valence electrons. The Morgan fingerprint density at radius 1 is 1.33 bits per heavy atom. The zero-order valence-corrected chi connectivity index (χ0v) is 14.7. The molecule has 0 radical (unpaired) electrons. The molecule has 0 bridgehead atoms. The van der Waals surface area contributed by atoms with Crippen LogP contribution in [0.2, 0.25) is 0 Å². The fourth-order valence-electron chi connectivity index (χ4n) is 2.44. The summed E-state index contributed by atoms with van der Waals surface area (Å²) in [6, 6.07) is 5.64. The Bertz CT molecular complexity index is 869. The standard InChI is InChI=1S/C17H19N3O3S/c1-10-11(2)22-14-5-4-12(8-13(10)14)18-16(21)6-7-17-19-15(9-24-3)20-23-17/h4-5,8H,6-7,9H2,1-3H3,(H,18,21). The Labute approximate surface area is 144 Å². The first-order valence-corrected chi connectivity index (χ1v) is 9.06. The minimum Gasteiger partial charge on any atom is -0.461 e. The Morgan fingerprint density at radius 3 is 2.96 bits per heavy atom. The van der Waals surface area contributed by atoms with Crippen LogP contribution in [-0.2, 0) is 17.0 Å². The molecule has 2 aromatic heterocycles. The highest BCUT2D eigenvalue weighted by Gasteiger charge is 2.11. The van der Waals surface area contributed by atoms with Gasteiger partial charge < -0.3 is 14.3 Å². The van der Waals surface area contributed by atoms with Gasteiger partial charge in [-0.1, -0.05) is 5.16 Å². The molecule has 0 aliphatic rings. The van der Waals surface area contributed by atoms with E-state index in [1.165, 1.54) is 0 Å². The molecule has 0 aliphatic carbocycles. The van der Waals surface area contributed by atoms with Gasteiger partial charge in [0.15, 0.2) is 5.82 Å². The molecule has 0 aliphatic heterocycles. The lowest BCUT2D eigenvalue weighted by atomic mass is 10.1. The van der Waals surface area contributed by atoms with Gasteiger partial charge in [-0.25, -0.2) is 0 Å². The predicted molar refractivity (Wildman–Crippen MR) is 94.2 cm³/mol. The summed E-state index contributed by atoms with van der Waals surface area (Å²) in [5.74, 6) is 2.67. The third kappa shape index (κ3) is 3.62. The van der Waals surface area contributed by atoms with Gasteiger partial charge in [-0.2, -0.15) is 16.7 Å². The quantitative estimate of drug-likeness (QED) is 0.730. The van der Waals surface area contributed by atoms with Gasteiger partial charge >= 0.3 is 0 Å². The SMILES string of the molecule is CSCc1noc(CCC(=O)Nc2ccc3oc(C)c(C)c3c2)n1. The number of anilines is 1. The van der Waals surface area contributed by atoms with Gasteiger partial charge in [-0.15, -0.1) is 0 Å². The van der Waals surface area contributed by atoms with E-state index < -0.39 is 0 Å². The second-order valence-corrected chi connectivity index (χ2v) is 6.45. The number of furan rings is 1. The van der Waals surface area contributed by atoms with Gasteiger partial charge in [0.25, 0.3) is 0 Å². The van der Waals surface area contributed by atoms with Gasteiger partial charge in [0.05, 0.1) is 5.75 Å². The largest absolute Gasteiger partial charge is 0.461 e. The van der Waals surface area contributed by atoms with Gasteiger partial charge in [0.2, 0.25) is 11.8 Å². The van der Waals surface area contributed by atoms with Crippen LogP contribution in [0.5, 0.6) is 0 Å². The zero-order chi connectivity index (χ0) is 17.1. The van der Waals surface area contributed by atoms with Crippen molar-refractivity contribution in [3.8, 4) is 0 Å². The first-order chi connectivity index (χ1) is 11.6. The van der Waals surface area contributed by atoms with E-state index in [2.05, 4.69) is 15.5 Å². The summed E-state index contributed by atoms with van der Waals surface area (Å²) >= 11 is 1.63. The number of carbonyl (C=O) groups is 1. The zero-order valence-electron chi connectivity index (χ0n) is 13.9. The minimum absolute atomic E-state index is 0.0863. The van der Waals surface area contributed by atoms with Crippen LogP contribution in [0.1, 0.15) is 29.5 Å². The molecule has 0 saturated carbocycles. The average Bonchev–Trinajstić information content (AvgIpc) is 3.12. The van der Waals surface area contributed by atoms with Crippen molar-refractivity contribution in [2.24, 2.45) is 0 Å². The van der Waals surface area contributed by atoms with Crippen LogP contribution in [0.15, 0.2) is 27.1 Å². The molecule has 3 aromatic rings. The molecule has 0 saturated heterocycles. The lowest BCUT2D eigenvalue weighted by Gasteiger charge is -2.04. The molecule has 6 nitrogen and oxygen atoms in total. The lowest BCUT2D eigenvalue weighted by Crippen LogP contribution is -2.12. The maximum atomic E-state index is 12.1. The Morgan fingerprint density at radius 2 is 2.17 bits per heavy atom. The van der Waals surface area contributed by atoms with Gasteiger partial charge in [-0.3, -0.25) is 4.79 Å². The second-order valence-electron chi connectivity index (χ2n) is 5.58. The smallest absolute Gasteiger partial charge is 0.227 e. The summed E-state index contributed by atoms with van der Waals surface area (Å²) < 4.78 is 10.8. The third-order valence-electron chi connectivity index (χ3n) is 3.81. The highest BCUT2D eigenvalue weighted by molar-refractivity contribution is 7.97. The van der Waals surface area contributed by atoms with Crippen molar-refractivity contribution < 1.29 is 13.7 Å². The Balaban J connectivity index is 1.60. The van der Waals surface area contributed by atoms with Gasteiger partial charge in [0, 0.05) is 23.9 Å². The summed E-state index contributed by atoms with van der Waals surface area (Å²) in [7, 11) is 0. The maximum absolute atomic E-state index is 12.1. The lowest BCUT2D eigenvalue weighted by molar-refractivity contribution is -0.116. The van der Waals surface area contributed by atoms with E-state index >= 15 is 0 Å². The number of hydrogen-bond acceptors (Lipinski definition) is 6. The van der Waals surface area contributed by atoms with Crippen LogP contribution in [-0.4, -0.2) is 22.3 Å². The molecule has 1 N–H and O–H groups in total. The molecule has 3 rings (SSSR count). The van der Waals surface area contributed by atoms with Crippen LogP contribution >= 0.6 is 11.8 Å². The van der Waals surface area contributed by atoms with Gasteiger partial charge in [0.1, 0.15) is 11.3 Å². The molecule has 0 fully saturated rings. The molecular formula is C17H19N3O3S. The van der Waals surface area contributed by atoms with Crippen molar-refractivity contribution in [1.82, 2.24) is 10.1 Å². The van der Waals surface area contributed by atoms with Crippen molar-refractivity contribution in [2.75, 3.05) is 11.6 Å². The molecule has 0 atom stereocenters. The summed E-state index contributed by atoms with van der Waals surface area (Å²) in [5, 5.41) is 7.78. The first kappa shape index (κ1) is 16.6. The van der Waals surface area contributed by atoms with E-state index in [9.17, 15) is 4.79 Å². The fourth-order valence-corrected chi connectivity index (χ4v) is 2.82. The topological polar surface area (TPSA) is 81.2 Å². The van der Waals surface area contributed by atoms with Crippen molar-refractivity contribution in [2.45, 2.75) is 32.4 Å². The number of carbonyl (C=O) groups excluding carboxylic acids is 1. The molecule has 0 spiro atoms. The highest BCUT2D eigenvalue weighted by Crippen LogP contribution is 2.27. The molecule has 24 heavy (non-hydrogen) atoms. The number of aryl methyl sites for hydroxylation is 3. The third-order valence-corrected chi connectivity index (χ3v) is 4.35. The normalized spacial score (nSPS) is 11.1. The van der Waals surface area contributed by atoms with E-state index in [0.717, 1.165) is 28.0 Å². The van der Waals surface area contributed by atoms with Crippen LogP contribution in [0.25, 0.3) is 11.0 Å². The van der Waals surface area contributed by atoms with E-state index in [1.54, 1.807) is 11.8 Å². The molecule has 1 amide bonds. The maximum Gasteiger partial charge on any atom is 0.227 e. The van der Waals surface area contributed by atoms with Crippen LogP contribution in [0.4, 0.5) is 5.69 Å². The monoisotopic (exact) mass is 345 g/mol. The number of nitrogens with one attached hydrogen (secondary N) is 1. The summed E-state index contributed by atoms with van der Waals surface area (Å²) in [6.45, 7) is 3.94. The number of nitrogens with zero attached hydrogens (tertiary/aromatic N) is 2. The molecular weight excluding hydrogens is 326 g/mol. The van der Waals surface area contributed by atoms with E-state index in [0.29, 0.717) is 30.3 Å². The number of fused-ring (bicyclic) bond motifs is 1. The number of hydrogen-bond donors (Lipinski definition) is 1. The average molecular weight is 345 g/mol. The number of aromatic nitrogens is 2. The summed E-state index contributed by atoms with van der Waals surface area (Å²) in [5.41, 5.74) is 2.67. The minimum atomic E-state index is -0.0863. The first-order valence-electron chi connectivity index (χ1n) is 7.67. The number of benzene rings is 1. The fraction of sp³-hybridized carbons (Fsp3) is 0.353. The van der Waals surface area contributed by atoms with E-state index in [4.69, 9.17) is 8.94 Å². The molecule has 7 heteroatoms. The van der Waals surface area contributed by atoms with E-state index in [1.807, 2.05) is 38.3 Å². The van der Waals surface area contributed by atoms with Crippen molar-refractivity contribution >= 4 is 34.3 Å². The summed E-state index contributed by atoms with van der Waals surface area (Å²) in [6.07, 6.45) is 2.70. The number of amides is 1. The van der Waals surface area contributed by atoms with Crippen LogP contribution < -0.4 is 5.32 Å². The van der Waals surface area contributed by atoms with Gasteiger partial charge in [-0.05, 0) is 43.9 Å². The molecule has 0 unspecified atom stereocenters. The van der Waals surface area contributed by atoms with Crippen molar-refractivity contribution in [3.63, 3.8) is 0 Å². The number of rotatable bonds is 6. The molecule has 2 heterocycles. The number of thioether (sulfide) groups is 1. The van der Waals surface area contributed by atoms with Crippen molar-refractivity contribution in [1.29, 1.82) is 0 Å². The Hall–Kier alpha value is -2.28. The van der Waals surface area contributed by atoms with Crippen LogP contribution in [0.3, 0.4) is 0 Å². The predicted octanol–water partition coefficient (Wildman–Crippen LogP) is 3.87. The Kier molecular flexibility index (Phi) is 4.89. The van der Waals surface area contributed by atoms with E-state index in [-0.39, 0.29) is 5.91 Å². The van der Waals surface area contributed by atoms with Crippen LogP contribution in [0, 0.1) is 13.8 Å². The van der Waals surface area contributed by atoms with Crippen molar-refractivity contribution in [3.05, 3.63) is 41.2 Å².